The standard InChI is InChI=1S/C91H125N19O25/c1-8-92-88(131)84-99-97-82(66-41-64(54(3)4)71(115)44-73(66)117)109(84)61-14-10-57(11-15-61)46-101-28-34-107(35-29-101)78(122)43-68(75(119)38-56(7)90(133)108-36-30-102(31-37-108)47-58-12-16-62(17-13-58)110-83(98-100-85(110)89(132)93-9-2)67-42-65(55(5)6)72(116)45-74(67)118)95-77(121)20-21-94-86(129)60(52-112)40-76(120)69(53-113)96-87(130)59(51-111)39-63(114)18-19-70(91(134)135)106-32-26-104(49-80(125)126)24-22-103(48-79(123)124)23-25-105(27-33-106)50-81(127)128/h10-17,41-42,44-45,54-56,59-60,68-70,111-113,115-118H,8-9,18-40,43,46-53H2,1-7H3,(H,92,131)(H,93,132)(H,94,129)(H,95,121)(H,96,130)(H,123,124)(H,125,126)(H,127,128)(H,134,135)/t56-,59+,60+,68-,69+,70+/m0/s1. The maximum absolute atomic E-state index is 14.7. The molecule has 4 aromatic carbocycles. The van der Waals surface area contributed by atoms with Crippen LogP contribution in [0.1, 0.15) is 149 Å². The summed E-state index contributed by atoms with van der Waals surface area (Å²) in [5.41, 5.74) is 4.28. The van der Waals surface area contributed by atoms with Gasteiger partial charge in [-0.25, -0.2) is 0 Å². The summed E-state index contributed by atoms with van der Waals surface area (Å²) in [5, 5.41) is 144. The van der Waals surface area contributed by atoms with Gasteiger partial charge >= 0.3 is 23.9 Å². The molecule has 0 radical (unpaired) electrons. The van der Waals surface area contributed by atoms with Crippen molar-refractivity contribution in [3.63, 3.8) is 0 Å². The zero-order valence-corrected chi connectivity index (χ0v) is 77.0. The molecule has 16 N–H and O–H groups in total. The van der Waals surface area contributed by atoms with Crippen LogP contribution in [-0.4, -0.2) is 389 Å². The Morgan fingerprint density at radius 1 is 0.422 bits per heavy atom. The smallest absolute Gasteiger partial charge is 0.320 e. The average molecular weight is 1890 g/mol. The summed E-state index contributed by atoms with van der Waals surface area (Å²) in [5.74, 6) is -16.9. The number of phenols is 4. The quantitative estimate of drug-likeness (QED) is 0.0240. The van der Waals surface area contributed by atoms with Crippen LogP contribution in [0.4, 0.5) is 0 Å². The zero-order valence-electron chi connectivity index (χ0n) is 77.0. The molecule has 0 saturated carbocycles. The van der Waals surface area contributed by atoms with Gasteiger partial charge in [0.15, 0.2) is 23.2 Å². The van der Waals surface area contributed by atoms with E-state index in [0.717, 1.165) is 11.1 Å². The molecule has 3 fully saturated rings. The lowest BCUT2D eigenvalue weighted by Gasteiger charge is -2.36. The number of nitrogens with zero attached hydrogens (tertiary/aromatic N) is 14. The van der Waals surface area contributed by atoms with Gasteiger partial charge in [-0.15, -0.1) is 20.4 Å². The van der Waals surface area contributed by atoms with Gasteiger partial charge in [0, 0.05) is 199 Å². The number of aliphatic hydroxyl groups excluding tert-OH is 3. The number of aromatic hydroxyl groups is 4. The molecule has 44 nitrogen and oxygen atoms in total. The number of amides is 7. The maximum Gasteiger partial charge on any atom is 0.320 e. The Morgan fingerprint density at radius 2 is 0.837 bits per heavy atom. The Morgan fingerprint density at radius 3 is 1.24 bits per heavy atom. The molecule has 9 rings (SSSR count). The Balaban J connectivity index is 0.816. The van der Waals surface area contributed by atoms with Crippen molar-refractivity contribution < 1.29 is 123 Å². The van der Waals surface area contributed by atoms with Crippen molar-refractivity contribution in [2.24, 2.45) is 17.8 Å². The van der Waals surface area contributed by atoms with E-state index >= 15 is 0 Å². The Hall–Kier alpha value is -12.8. The second kappa shape index (κ2) is 50.5. The van der Waals surface area contributed by atoms with Gasteiger partial charge in [0.25, 0.3) is 11.8 Å². The summed E-state index contributed by atoms with van der Waals surface area (Å²) in [6, 6.07) is 15.5. The lowest BCUT2D eigenvalue weighted by molar-refractivity contribution is -0.145. The Labute approximate surface area is 779 Å². The van der Waals surface area contributed by atoms with Crippen molar-refractivity contribution in [1.29, 1.82) is 0 Å². The zero-order chi connectivity index (χ0) is 98.6. The number of Topliss-reactive ketones (excluding diaryl/α,β-unsaturated/α-hetero) is 3. The highest BCUT2D eigenvalue weighted by molar-refractivity contribution is 5.97. The van der Waals surface area contributed by atoms with Crippen LogP contribution in [0.15, 0.2) is 72.8 Å². The predicted molar refractivity (Wildman–Crippen MR) is 485 cm³/mol. The molecule has 0 aliphatic carbocycles. The molecular formula is C91H125N19O25. The summed E-state index contributed by atoms with van der Waals surface area (Å²) in [6.45, 7) is 11.8. The van der Waals surface area contributed by atoms with E-state index in [0.29, 0.717) is 68.3 Å². The molecule has 6 aromatic rings. The number of carboxylic acid groups (broad SMARTS) is 4. The number of nitrogens with one attached hydrogen (secondary N) is 5. The van der Waals surface area contributed by atoms with Crippen LogP contribution in [0.25, 0.3) is 34.2 Å². The fraction of sp³-hybridized carbons (Fsp3) is 0.538. The number of carbonyl (C=O) groups is 14. The molecule has 7 amide bonds. The number of aliphatic hydroxyl groups is 3. The number of hydrogen-bond acceptors (Lipinski definition) is 31. The van der Waals surface area contributed by atoms with E-state index in [1.165, 1.54) is 40.9 Å². The molecule has 0 bridgehead atoms. The Bertz CT molecular complexity index is 5130. The number of piperazine rings is 2. The summed E-state index contributed by atoms with van der Waals surface area (Å²) in [4.78, 5) is 201. The second-order valence-electron chi connectivity index (χ2n) is 34.6. The number of benzene rings is 4. The van der Waals surface area contributed by atoms with Crippen LogP contribution in [0.5, 0.6) is 23.0 Å². The first-order chi connectivity index (χ1) is 64.3. The first-order valence-electron chi connectivity index (χ1n) is 45.2. The third-order valence-corrected chi connectivity index (χ3v) is 24.1. The molecular weight excluding hydrogens is 1760 g/mol. The van der Waals surface area contributed by atoms with Crippen LogP contribution >= 0.6 is 0 Å². The van der Waals surface area contributed by atoms with Crippen molar-refractivity contribution in [3.8, 4) is 57.1 Å². The molecule has 135 heavy (non-hydrogen) atoms. The minimum atomic E-state index is -1.76. The van der Waals surface area contributed by atoms with Crippen LogP contribution in [0.3, 0.4) is 0 Å². The van der Waals surface area contributed by atoms with Gasteiger partial charge in [-0.3, -0.25) is 106 Å². The molecule has 3 saturated heterocycles. The average Bonchev–Trinajstić information content (AvgIpc) is 1.65. The van der Waals surface area contributed by atoms with Crippen molar-refractivity contribution in [2.45, 2.75) is 136 Å². The predicted octanol–water partition coefficient (Wildman–Crippen LogP) is 0.0370. The van der Waals surface area contributed by atoms with Crippen molar-refractivity contribution in [3.05, 3.63) is 107 Å². The number of aliphatic carboxylic acids is 4. The SMILES string of the molecule is CCNC(=O)c1nnc(-c2cc(C(C)C)c(O)cc2O)n1-c1ccc(CN2CCN(C(=O)C[C@H](NC(=O)CCNC(=O)[C@@H](CO)CC(=O)[C@@H](CO)NC(=O)[C@@H](CO)CC(=O)CC[C@H](C(=O)O)N3CCN(CC(=O)O)CCN(CC(=O)O)CCN(CC(=O)O)CC3)C(=O)C[C@H](C)C(=O)N3CCN(Cc4ccc(-n5c(C(=O)NCC)nnc5-c5cc(C(C)C)c(O)cc5O)cc4)CC3)CC2)cc1. The molecule has 0 spiro atoms. The summed E-state index contributed by atoms with van der Waals surface area (Å²) >= 11 is 0. The Kier molecular flexibility index (Phi) is 39.6. The third-order valence-electron chi connectivity index (χ3n) is 24.1. The van der Waals surface area contributed by atoms with E-state index in [1.54, 1.807) is 67.0 Å². The molecule has 2 aromatic heterocycles. The largest absolute Gasteiger partial charge is 0.508 e. The van der Waals surface area contributed by atoms with Gasteiger partial charge < -0.3 is 92.6 Å². The van der Waals surface area contributed by atoms with Crippen LogP contribution in [0, 0.1) is 17.8 Å². The normalized spacial score (nSPS) is 16.2. The minimum absolute atomic E-state index is 0.0326. The molecule has 0 unspecified atom stereocenters. The number of rotatable bonds is 46. The van der Waals surface area contributed by atoms with E-state index in [1.807, 2.05) is 52.0 Å². The number of phenolic OH excluding ortho intramolecular Hbond substituents is 4. The van der Waals surface area contributed by atoms with Crippen LogP contribution < -0.4 is 26.6 Å². The topological polar surface area (TPSA) is 609 Å². The highest BCUT2D eigenvalue weighted by atomic mass is 16.4. The molecule has 6 atom stereocenters. The summed E-state index contributed by atoms with van der Waals surface area (Å²) in [6.07, 6.45) is -3.81. The van der Waals surface area contributed by atoms with Crippen molar-refractivity contribution >= 4 is 82.6 Å². The molecule has 734 valence electrons. The lowest BCUT2D eigenvalue weighted by Crippen LogP contribution is -2.52. The van der Waals surface area contributed by atoms with Gasteiger partial charge in [0.05, 0.1) is 74.9 Å². The van der Waals surface area contributed by atoms with Crippen LogP contribution in [-0.2, 0) is 70.6 Å². The number of aromatic nitrogens is 6. The van der Waals surface area contributed by atoms with Gasteiger partial charge in [-0.05, 0) is 90.8 Å². The van der Waals surface area contributed by atoms with Crippen LogP contribution in [0.2, 0.25) is 0 Å². The second-order valence-corrected chi connectivity index (χ2v) is 34.6. The fourth-order valence-electron chi connectivity index (χ4n) is 16.5. The third kappa shape index (κ3) is 29.8. The highest BCUT2D eigenvalue weighted by Gasteiger charge is 2.38. The summed E-state index contributed by atoms with van der Waals surface area (Å²) in [7, 11) is 0. The van der Waals surface area contributed by atoms with Crippen molar-refractivity contribution in [1.82, 2.24) is 95.3 Å². The van der Waals surface area contributed by atoms with Gasteiger partial charge in [0.2, 0.25) is 41.2 Å². The monoisotopic (exact) mass is 1880 g/mol. The molecule has 44 heteroatoms. The highest BCUT2D eigenvalue weighted by Crippen LogP contribution is 2.41. The first-order valence-corrected chi connectivity index (χ1v) is 45.2. The van der Waals surface area contributed by atoms with Crippen molar-refractivity contribution in [2.75, 3.05) is 164 Å². The minimum Gasteiger partial charge on any atom is -0.508 e. The maximum atomic E-state index is 14.7. The van der Waals surface area contributed by atoms with E-state index in [-0.39, 0.29) is 167 Å². The molecule has 3 aliphatic heterocycles. The molecule has 5 heterocycles. The van der Waals surface area contributed by atoms with Gasteiger partial charge in [0.1, 0.15) is 40.9 Å². The first kappa shape index (κ1) is 106. The summed E-state index contributed by atoms with van der Waals surface area (Å²) < 4.78 is 3.04. The number of ketones is 3. The van der Waals surface area contributed by atoms with E-state index < -0.39 is 197 Å². The van der Waals surface area contributed by atoms with E-state index in [4.69, 9.17) is 0 Å². The van der Waals surface area contributed by atoms with E-state index in [2.05, 4.69) is 56.8 Å². The fourth-order valence-corrected chi connectivity index (χ4v) is 16.5. The lowest BCUT2D eigenvalue weighted by atomic mass is 9.95. The van der Waals surface area contributed by atoms with Gasteiger partial charge in [-0.2, -0.15) is 0 Å². The van der Waals surface area contributed by atoms with Gasteiger partial charge in [-0.1, -0.05) is 58.9 Å². The van der Waals surface area contributed by atoms with E-state index in [9.17, 15) is 123 Å². The number of carboxylic acids is 4. The number of hydrogen-bond donors (Lipinski definition) is 16. The molecule has 3 aliphatic rings. The number of carbonyl (C=O) groups excluding carboxylic acids is 10.